The molecule has 0 saturated carbocycles. The molecule has 0 aliphatic carbocycles. The highest BCUT2D eigenvalue weighted by Gasteiger charge is 2.05. The van der Waals surface area contributed by atoms with Crippen LogP contribution in [0.4, 0.5) is 10.5 Å². The molecule has 0 spiro atoms. The van der Waals surface area contributed by atoms with Crippen LogP contribution < -0.4 is 10.6 Å². The molecule has 17 heavy (non-hydrogen) atoms. The summed E-state index contributed by atoms with van der Waals surface area (Å²) in [5.74, 6) is -0.372. The van der Waals surface area contributed by atoms with Crippen LogP contribution in [-0.4, -0.2) is 25.7 Å². The summed E-state index contributed by atoms with van der Waals surface area (Å²) in [6.07, 6.45) is 0.131. The van der Waals surface area contributed by atoms with Gasteiger partial charge >= 0.3 is 12.0 Å². The standard InChI is InChI=1S/C11H13ClN2O3/c1-17-10(15)6-7-13-11(16)14-9-5-3-2-4-8(9)12/h2-5H,6-7H2,1H3,(H2,13,14,16). The van der Waals surface area contributed by atoms with Crippen LogP contribution in [-0.2, 0) is 9.53 Å². The van der Waals surface area contributed by atoms with Gasteiger partial charge in [0.2, 0.25) is 0 Å². The lowest BCUT2D eigenvalue weighted by molar-refractivity contribution is -0.140. The number of amides is 2. The molecular formula is C11H13ClN2O3. The van der Waals surface area contributed by atoms with Gasteiger partial charge in [0.25, 0.3) is 0 Å². The predicted octanol–water partition coefficient (Wildman–Crippen LogP) is 2.02. The summed E-state index contributed by atoms with van der Waals surface area (Å²) in [6, 6.07) is 6.47. The number of para-hydroxylation sites is 1. The van der Waals surface area contributed by atoms with Gasteiger partial charge in [-0.05, 0) is 12.1 Å². The molecule has 1 rings (SSSR count). The molecule has 1 aromatic carbocycles. The number of ether oxygens (including phenoxy) is 1. The van der Waals surface area contributed by atoms with Gasteiger partial charge in [-0.1, -0.05) is 23.7 Å². The lowest BCUT2D eigenvalue weighted by Gasteiger charge is -2.08. The predicted molar refractivity (Wildman–Crippen MR) is 65.1 cm³/mol. The van der Waals surface area contributed by atoms with Gasteiger partial charge in [-0.3, -0.25) is 4.79 Å². The summed E-state index contributed by atoms with van der Waals surface area (Å²) in [7, 11) is 1.30. The summed E-state index contributed by atoms with van der Waals surface area (Å²) >= 11 is 5.86. The minimum absolute atomic E-state index is 0.131. The Morgan fingerprint density at radius 3 is 2.71 bits per heavy atom. The van der Waals surface area contributed by atoms with Crippen LogP contribution in [0.25, 0.3) is 0 Å². The van der Waals surface area contributed by atoms with E-state index < -0.39 is 6.03 Å². The van der Waals surface area contributed by atoms with Gasteiger partial charge in [-0.15, -0.1) is 0 Å². The molecule has 0 bridgehead atoms. The number of esters is 1. The van der Waals surface area contributed by atoms with Crippen LogP contribution in [0.3, 0.4) is 0 Å². The van der Waals surface area contributed by atoms with Gasteiger partial charge in [0.1, 0.15) is 0 Å². The Hall–Kier alpha value is -1.75. The van der Waals surface area contributed by atoms with E-state index in [4.69, 9.17) is 11.6 Å². The largest absolute Gasteiger partial charge is 0.469 e. The third kappa shape index (κ3) is 4.74. The van der Waals surface area contributed by atoms with Crippen LogP contribution in [0.1, 0.15) is 6.42 Å². The molecule has 2 N–H and O–H groups in total. The summed E-state index contributed by atoms with van der Waals surface area (Å²) in [6.45, 7) is 0.211. The Labute approximate surface area is 104 Å². The molecule has 5 nitrogen and oxygen atoms in total. The molecule has 0 aliphatic rings. The third-order valence-electron chi connectivity index (χ3n) is 1.96. The number of rotatable bonds is 4. The van der Waals surface area contributed by atoms with Crippen LogP contribution in [0, 0.1) is 0 Å². The lowest BCUT2D eigenvalue weighted by atomic mass is 10.3. The van der Waals surface area contributed by atoms with Crippen LogP contribution in [0.2, 0.25) is 5.02 Å². The summed E-state index contributed by atoms with van der Waals surface area (Å²) in [4.78, 5) is 22.2. The van der Waals surface area contributed by atoms with E-state index in [9.17, 15) is 9.59 Å². The average molecular weight is 257 g/mol. The molecule has 0 saturated heterocycles. The van der Waals surface area contributed by atoms with Crippen molar-refractivity contribution in [2.24, 2.45) is 0 Å². The zero-order valence-electron chi connectivity index (χ0n) is 9.33. The number of benzene rings is 1. The fraction of sp³-hybridized carbons (Fsp3) is 0.273. The number of hydrogen-bond acceptors (Lipinski definition) is 3. The van der Waals surface area contributed by atoms with Gasteiger partial charge in [-0.25, -0.2) is 4.79 Å². The molecule has 0 radical (unpaired) electrons. The van der Waals surface area contributed by atoms with E-state index in [1.807, 2.05) is 0 Å². The molecular weight excluding hydrogens is 244 g/mol. The molecule has 0 unspecified atom stereocenters. The highest BCUT2D eigenvalue weighted by molar-refractivity contribution is 6.33. The van der Waals surface area contributed by atoms with Crippen molar-refractivity contribution in [1.82, 2.24) is 5.32 Å². The van der Waals surface area contributed by atoms with Gasteiger partial charge in [0, 0.05) is 6.54 Å². The summed E-state index contributed by atoms with van der Waals surface area (Å²) in [5.41, 5.74) is 0.518. The molecule has 1 aromatic rings. The second-order valence-corrected chi connectivity index (χ2v) is 3.59. The van der Waals surface area contributed by atoms with Gasteiger partial charge in [0.05, 0.1) is 24.2 Å². The number of halogens is 1. The number of anilines is 1. The zero-order valence-corrected chi connectivity index (χ0v) is 10.1. The smallest absolute Gasteiger partial charge is 0.319 e. The molecule has 0 heterocycles. The minimum Gasteiger partial charge on any atom is -0.469 e. The van der Waals surface area contributed by atoms with Crippen molar-refractivity contribution < 1.29 is 14.3 Å². The first kappa shape index (κ1) is 13.3. The van der Waals surface area contributed by atoms with Crippen molar-refractivity contribution in [3.8, 4) is 0 Å². The first-order valence-electron chi connectivity index (χ1n) is 4.99. The number of carbonyl (C=O) groups is 2. The molecule has 0 aromatic heterocycles. The van der Waals surface area contributed by atoms with Crippen molar-refractivity contribution in [3.63, 3.8) is 0 Å². The number of nitrogens with one attached hydrogen (secondary N) is 2. The van der Waals surface area contributed by atoms with E-state index in [2.05, 4.69) is 15.4 Å². The Morgan fingerprint density at radius 2 is 2.06 bits per heavy atom. The van der Waals surface area contributed by atoms with Crippen molar-refractivity contribution in [2.75, 3.05) is 19.0 Å². The average Bonchev–Trinajstić information content (AvgIpc) is 2.32. The maximum absolute atomic E-state index is 11.4. The fourth-order valence-electron chi connectivity index (χ4n) is 1.11. The van der Waals surface area contributed by atoms with E-state index in [0.717, 1.165) is 0 Å². The highest BCUT2D eigenvalue weighted by Crippen LogP contribution is 2.19. The normalized spacial score (nSPS) is 9.53. The number of methoxy groups -OCH3 is 1. The Kier molecular flexibility index (Phi) is 5.29. The van der Waals surface area contributed by atoms with E-state index in [-0.39, 0.29) is 18.9 Å². The second kappa shape index (κ2) is 6.75. The Balaban J connectivity index is 2.35. The maximum Gasteiger partial charge on any atom is 0.319 e. The summed E-state index contributed by atoms with van der Waals surface area (Å²) in [5, 5.41) is 5.54. The van der Waals surface area contributed by atoms with Crippen molar-refractivity contribution >= 4 is 29.3 Å². The van der Waals surface area contributed by atoms with Crippen LogP contribution in [0.5, 0.6) is 0 Å². The van der Waals surface area contributed by atoms with Crippen molar-refractivity contribution in [1.29, 1.82) is 0 Å². The quantitative estimate of drug-likeness (QED) is 0.810. The zero-order chi connectivity index (χ0) is 12.7. The van der Waals surface area contributed by atoms with Crippen LogP contribution >= 0.6 is 11.6 Å². The molecule has 0 aliphatic heterocycles. The SMILES string of the molecule is COC(=O)CCNC(=O)Nc1ccccc1Cl. The molecule has 0 fully saturated rings. The van der Waals surface area contributed by atoms with E-state index in [0.29, 0.717) is 10.7 Å². The topological polar surface area (TPSA) is 67.4 Å². The number of urea groups is 1. The molecule has 0 atom stereocenters. The van der Waals surface area contributed by atoms with E-state index in [1.54, 1.807) is 24.3 Å². The Bertz CT molecular complexity index is 409. The Morgan fingerprint density at radius 1 is 1.35 bits per heavy atom. The van der Waals surface area contributed by atoms with Crippen molar-refractivity contribution in [3.05, 3.63) is 29.3 Å². The first-order valence-corrected chi connectivity index (χ1v) is 5.37. The van der Waals surface area contributed by atoms with Crippen LogP contribution in [0.15, 0.2) is 24.3 Å². The summed E-state index contributed by atoms with van der Waals surface area (Å²) < 4.78 is 4.44. The molecule has 6 heteroatoms. The fourth-order valence-corrected chi connectivity index (χ4v) is 1.29. The monoisotopic (exact) mass is 256 g/mol. The third-order valence-corrected chi connectivity index (χ3v) is 2.29. The minimum atomic E-state index is -0.415. The van der Waals surface area contributed by atoms with Gasteiger partial charge in [-0.2, -0.15) is 0 Å². The lowest BCUT2D eigenvalue weighted by Crippen LogP contribution is -2.30. The highest BCUT2D eigenvalue weighted by atomic mass is 35.5. The maximum atomic E-state index is 11.4. The second-order valence-electron chi connectivity index (χ2n) is 3.19. The number of hydrogen-bond donors (Lipinski definition) is 2. The molecule has 2 amide bonds. The van der Waals surface area contributed by atoms with Crippen molar-refractivity contribution in [2.45, 2.75) is 6.42 Å². The molecule has 92 valence electrons. The van der Waals surface area contributed by atoms with E-state index >= 15 is 0 Å². The number of carbonyl (C=O) groups excluding carboxylic acids is 2. The van der Waals surface area contributed by atoms with Gasteiger partial charge < -0.3 is 15.4 Å². The van der Waals surface area contributed by atoms with Gasteiger partial charge in [0.15, 0.2) is 0 Å². The first-order chi connectivity index (χ1) is 8.13. The van der Waals surface area contributed by atoms with E-state index in [1.165, 1.54) is 7.11 Å².